The summed E-state index contributed by atoms with van der Waals surface area (Å²) in [6, 6.07) is 11.1. The minimum absolute atomic E-state index is 0.0361. The first-order valence-electron chi connectivity index (χ1n) is 7.05. The maximum atomic E-state index is 9.96. The van der Waals surface area contributed by atoms with E-state index in [0.29, 0.717) is 16.4 Å². The van der Waals surface area contributed by atoms with Crippen molar-refractivity contribution < 1.29 is 9.84 Å². The molecule has 0 aliphatic carbocycles. The highest BCUT2D eigenvalue weighted by molar-refractivity contribution is 7.80. The predicted molar refractivity (Wildman–Crippen MR) is 97.5 cm³/mol. The third-order valence-corrected chi connectivity index (χ3v) is 3.67. The number of aromatic hydroxyl groups is 1. The van der Waals surface area contributed by atoms with Crippen LogP contribution in [0.5, 0.6) is 11.5 Å². The number of benzene rings is 2. The number of hydrogen-bond acceptors (Lipinski definition) is 4. The van der Waals surface area contributed by atoms with E-state index < -0.39 is 0 Å². The van der Waals surface area contributed by atoms with Crippen molar-refractivity contribution in [3.8, 4) is 11.5 Å². The molecule has 0 bridgehead atoms. The van der Waals surface area contributed by atoms with Gasteiger partial charge in [-0.25, -0.2) is 0 Å². The summed E-state index contributed by atoms with van der Waals surface area (Å²) < 4.78 is 5.05. The fraction of sp³-hybridized carbons (Fsp3) is 0.176. The van der Waals surface area contributed by atoms with Crippen LogP contribution in [0.4, 0.5) is 5.69 Å². The van der Waals surface area contributed by atoms with E-state index in [4.69, 9.17) is 17.0 Å². The van der Waals surface area contributed by atoms with Gasteiger partial charge in [0.25, 0.3) is 0 Å². The fourth-order valence-electron chi connectivity index (χ4n) is 2.01. The number of nitrogens with one attached hydrogen (secondary N) is 2. The number of hydrazone groups is 1. The van der Waals surface area contributed by atoms with Gasteiger partial charge in [-0.2, -0.15) is 5.10 Å². The number of thiocarbonyl (C=S) groups is 1. The Labute approximate surface area is 141 Å². The normalized spacial score (nSPS) is 10.6. The molecule has 2 rings (SSSR count). The van der Waals surface area contributed by atoms with E-state index in [1.54, 1.807) is 18.2 Å². The van der Waals surface area contributed by atoms with E-state index in [0.717, 1.165) is 11.3 Å². The first-order valence-corrected chi connectivity index (χ1v) is 7.46. The van der Waals surface area contributed by atoms with Gasteiger partial charge in [-0.3, -0.25) is 5.43 Å². The summed E-state index contributed by atoms with van der Waals surface area (Å²) >= 11 is 5.21. The molecular formula is C17H19N3O2S. The number of para-hydroxylation sites is 1. The van der Waals surface area contributed by atoms with Crippen LogP contribution in [0.3, 0.4) is 0 Å². The number of anilines is 1. The monoisotopic (exact) mass is 329 g/mol. The number of methoxy groups -OCH3 is 1. The van der Waals surface area contributed by atoms with Gasteiger partial charge >= 0.3 is 0 Å². The maximum absolute atomic E-state index is 9.96. The minimum Gasteiger partial charge on any atom is -0.504 e. The Balaban J connectivity index is 2.00. The van der Waals surface area contributed by atoms with Gasteiger partial charge in [0.2, 0.25) is 0 Å². The van der Waals surface area contributed by atoms with Crippen LogP contribution in [0.25, 0.3) is 0 Å². The molecule has 120 valence electrons. The SMILES string of the molecule is COc1cccc(C=NNC(=S)Nc2cccc(C)c2C)c1O. The summed E-state index contributed by atoms with van der Waals surface area (Å²) in [6.45, 7) is 4.07. The van der Waals surface area contributed by atoms with Crippen LogP contribution in [0.2, 0.25) is 0 Å². The van der Waals surface area contributed by atoms with Gasteiger partial charge in [-0.1, -0.05) is 18.2 Å². The minimum atomic E-state index is 0.0361. The van der Waals surface area contributed by atoms with Crippen LogP contribution in [0.1, 0.15) is 16.7 Å². The molecule has 2 aromatic carbocycles. The number of hydrogen-bond donors (Lipinski definition) is 3. The predicted octanol–water partition coefficient (Wildman–Crippen LogP) is 3.34. The van der Waals surface area contributed by atoms with E-state index in [1.165, 1.54) is 18.9 Å². The Kier molecular flexibility index (Phi) is 5.54. The average Bonchev–Trinajstić information content (AvgIpc) is 2.53. The lowest BCUT2D eigenvalue weighted by molar-refractivity contribution is 0.373. The van der Waals surface area contributed by atoms with Crippen LogP contribution in [0.15, 0.2) is 41.5 Å². The molecule has 0 spiro atoms. The highest BCUT2D eigenvalue weighted by Crippen LogP contribution is 2.27. The highest BCUT2D eigenvalue weighted by Gasteiger charge is 2.05. The van der Waals surface area contributed by atoms with Crippen molar-refractivity contribution in [2.75, 3.05) is 12.4 Å². The fourth-order valence-corrected chi connectivity index (χ4v) is 2.17. The molecule has 23 heavy (non-hydrogen) atoms. The van der Waals surface area contributed by atoms with Crippen molar-refractivity contribution in [3.63, 3.8) is 0 Å². The summed E-state index contributed by atoms with van der Waals surface area (Å²) in [5.41, 5.74) is 6.51. The smallest absolute Gasteiger partial charge is 0.191 e. The van der Waals surface area contributed by atoms with Crippen molar-refractivity contribution in [2.24, 2.45) is 5.10 Å². The maximum Gasteiger partial charge on any atom is 0.191 e. The van der Waals surface area contributed by atoms with Crippen LogP contribution in [-0.2, 0) is 0 Å². The van der Waals surface area contributed by atoms with Crippen molar-refractivity contribution >= 4 is 29.2 Å². The molecule has 3 N–H and O–H groups in total. The second kappa shape index (κ2) is 7.60. The van der Waals surface area contributed by atoms with Crippen LogP contribution >= 0.6 is 12.2 Å². The Morgan fingerprint density at radius 1 is 1.22 bits per heavy atom. The first kappa shape index (κ1) is 16.8. The number of aryl methyl sites for hydroxylation is 1. The molecule has 0 amide bonds. The van der Waals surface area contributed by atoms with E-state index in [-0.39, 0.29) is 5.75 Å². The van der Waals surface area contributed by atoms with Gasteiger partial charge in [-0.15, -0.1) is 0 Å². The van der Waals surface area contributed by atoms with Gasteiger partial charge in [0, 0.05) is 11.3 Å². The third-order valence-electron chi connectivity index (χ3n) is 3.47. The Morgan fingerprint density at radius 2 is 1.96 bits per heavy atom. The number of ether oxygens (including phenoxy) is 1. The van der Waals surface area contributed by atoms with Crippen molar-refractivity contribution in [1.29, 1.82) is 0 Å². The molecule has 0 atom stereocenters. The molecule has 0 saturated heterocycles. The van der Waals surface area contributed by atoms with Crippen molar-refractivity contribution in [1.82, 2.24) is 5.43 Å². The van der Waals surface area contributed by atoms with Crippen molar-refractivity contribution in [2.45, 2.75) is 13.8 Å². The second-order valence-electron chi connectivity index (χ2n) is 4.97. The summed E-state index contributed by atoms with van der Waals surface area (Å²) in [4.78, 5) is 0. The molecule has 0 aliphatic heterocycles. The summed E-state index contributed by atoms with van der Waals surface area (Å²) in [5, 5.41) is 17.5. The van der Waals surface area contributed by atoms with E-state index in [2.05, 4.69) is 15.8 Å². The van der Waals surface area contributed by atoms with Crippen molar-refractivity contribution in [3.05, 3.63) is 53.1 Å². The molecule has 0 fully saturated rings. The lowest BCUT2D eigenvalue weighted by Gasteiger charge is -2.11. The molecule has 5 nitrogen and oxygen atoms in total. The number of rotatable bonds is 4. The molecule has 0 saturated carbocycles. The summed E-state index contributed by atoms with van der Waals surface area (Å²) in [5.74, 6) is 0.430. The molecule has 0 heterocycles. The largest absolute Gasteiger partial charge is 0.504 e. The number of phenolic OH excluding ortho intramolecular Hbond substituents is 1. The van der Waals surface area contributed by atoms with Crippen LogP contribution in [0, 0.1) is 13.8 Å². The van der Waals surface area contributed by atoms with Crippen LogP contribution < -0.4 is 15.5 Å². The highest BCUT2D eigenvalue weighted by atomic mass is 32.1. The zero-order chi connectivity index (χ0) is 16.8. The van der Waals surface area contributed by atoms with Gasteiger partial charge in [0.05, 0.1) is 13.3 Å². The molecule has 0 aromatic heterocycles. The van der Waals surface area contributed by atoms with E-state index in [9.17, 15) is 5.11 Å². The van der Waals surface area contributed by atoms with E-state index in [1.807, 2.05) is 32.0 Å². The third kappa shape index (κ3) is 4.20. The molecule has 0 unspecified atom stereocenters. The lowest BCUT2D eigenvalue weighted by Crippen LogP contribution is -2.24. The Hall–Kier alpha value is -2.60. The quantitative estimate of drug-likeness (QED) is 0.456. The standard InChI is InChI=1S/C17H19N3O2S/c1-11-6-4-8-14(12(11)2)19-17(23)20-18-10-13-7-5-9-15(22-3)16(13)21/h4-10,21H,1-3H3,(H2,19,20,23). The molecule has 6 heteroatoms. The first-order chi connectivity index (χ1) is 11.0. The lowest BCUT2D eigenvalue weighted by atomic mass is 10.1. The Morgan fingerprint density at radius 3 is 2.70 bits per heavy atom. The van der Waals surface area contributed by atoms with Crippen LogP contribution in [-0.4, -0.2) is 23.5 Å². The van der Waals surface area contributed by atoms with Gasteiger partial charge in [0.1, 0.15) is 0 Å². The van der Waals surface area contributed by atoms with E-state index >= 15 is 0 Å². The second-order valence-corrected chi connectivity index (χ2v) is 5.38. The molecule has 0 aliphatic rings. The molecule has 0 radical (unpaired) electrons. The number of phenols is 1. The molecular weight excluding hydrogens is 310 g/mol. The van der Waals surface area contributed by atoms with Gasteiger partial charge in [-0.05, 0) is 55.4 Å². The van der Waals surface area contributed by atoms with Gasteiger partial charge < -0.3 is 15.2 Å². The Bertz CT molecular complexity index is 745. The molecule has 2 aromatic rings. The topological polar surface area (TPSA) is 65.9 Å². The average molecular weight is 329 g/mol. The number of nitrogens with zero attached hydrogens (tertiary/aromatic N) is 1. The summed E-state index contributed by atoms with van der Waals surface area (Å²) in [7, 11) is 1.50. The zero-order valence-electron chi connectivity index (χ0n) is 13.3. The van der Waals surface area contributed by atoms with Gasteiger partial charge in [0.15, 0.2) is 16.6 Å². The zero-order valence-corrected chi connectivity index (χ0v) is 14.1. The summed E-state index contributed by atoms with van der Waals surface area (Å²) in [6.07, 6.45) is 1.48.